The maximum atomic E-state index is 13.9. The fraction of sp³-hybridized carbons (Fsp3) is 0.238. The number of amides is 1. The number of benzene rings is 2. The van der Waals surface area contributed by atoms with Crippen LogP contribution in [0.2, 0.25) is 10.0 Å². The summed E-state index contributed by atoms with van der Waals surface area (Å²) in [5.41, 5.74) is -1.50. The quantitative estimate of drug-likeness (QED) is 0.360. The lowest BCUT2D eigenvalue weighted by atomic mass is 9.97. The molecule has 0 saturated heterocycles. The van der Waals surface area contributed by atoms with Crippen LogP contribution in [0.5, 0.6) is 0 Å². The zero-order chi connectivity index (χ0) is 24.8. The SMILES string of the molecule is O=C(Nc1cc(C(F)(F)F)ccc1Cl)c1nn2c(c1Cl)N[C@@H](c1ccccc1)C[C@H]2C(F)(F)F. The van der Waals surface area contributed by atoms with Gasteiger partial charge in [0.05, 0.1) is 22.3 Å². The standard InChI is InChI=1S/C21H14Cl2F6N4O/c22-12-7-6-11(20(24,25)26)8-14(12)31-19(34)17-16(23)18-30-13(10-4-2-1-3-5-10)9-15(21(27,28)29)33(18)32-17/h1-8,13,15,30H,9H2,(H,31,34)/t13-,15+/m1/s1. The molecule has 0 unspecified atom stereocenters. The molecule has 34 heavy (non-hydrogen) atoms. The number of rotatable bonds is 3. The number of hydrogen-bond acceptors (Lipinski definition) is 3. The Labute approximate surface area is 198 Å². The van der Waals surface area contributed by atoms with Gasteiger partial charge in [-0.3, -0.25) is 4.79 Å². The van der Waals surface area contributed by atoms with Gasteiger partial charge in [-0.15, -0.1) is 0 Å². The van der Waals surface area contributed by atoms with Crippen molar-refractivity contribution in [2.45, 2.75) is 30.9 Å². The molecule has 0 spiro atoms. The first-order valence-corrected chi connectivity index (χ1v) is 10.5. The van der Waals surface area contributed by atoms with Gasteiger partial charge in [0.15, 0.2) is 11.7 Å². The first-order valence-electron chi connectivity index (χ1n) is 9.70. The number of anilines is 2. The Kier molecular flexibility index (Phi) is 6.19. The summed E-state index contributed by atoms with van der Waals surface area (Å²) >= 11 is 12.1. The van der Waals surface area contributed by atoms with Crippen LogP contribution in [0, 0.1) is 0 Å². The highest BCUT2D eigenvalue weighted by molar-refractivity contribution is 6.37. The van der Waals surface area contributed by atoms with E-state index in [0.29, 0.717) is 16.3 Å². The highest BCUT2D eigenvalue weighted by Crippen LogP contribution is 2.46. The van der Waals surface area contributed by atoms with E-state index in [1.165, 1.54) is 0 Å². The summed E-state index contributed by atoms with van der Waals surface area (Å²) in [6, 6.07) is 7.75. The third-order valence-corrected chi connectivity index (χ3v) is 5.94. The van der Waals surface area contributed by atoms with Crippen LogP contribution >= 0.6 is 23.2 Å². The summed E-state index contributed by atoms with van der Waals surface area (Å²) in [6.07, 6.45) is -9.83. The molecule has 2 N–H and O–H groups in total. The van der Waals surface area contributed by atoms with Gasteiger partial charge in [0.25, 0.3) is 5.91 Å². The second-order valence-corrected chi connectivity index (χ2v) is 8.29. The summed E-state index contributed by atoms with van der Waals surface area (Å²) < 4.78 is 81.1. The number of halogens is 8. The summed E-state index contributed by atoms with van der Waals surface area (Å²) in [5, 5.41) is 8.15. The number of nitrogens with zero attached hydrogens (tertiary/aromatic N) is 2. The normalized spacial score (nSPS) is 18.2. The summed E-state index contributed by atoms with van der Waals surface area (Å²) in [5.74, 6) is -1.35. The summed E-state index contributed by atoms with van der Waals surface area (Å²) in [7, 11) is 0. The molecular weight excluding hydrogens is 509 g/mol. The molecule has 180 valence electrons. The van der Waals surface area contributed by atoms with Crippen molar-refractivity contribution < 1.29 is 31.1 Å². The van der Waals surface area contributed by atoms with Crippen LogP contribution in [-0.2, 0) is 6.18 Å². The van der Waals surface area contributed by atoms with E-state index in [9.17, 15) is 31.1 Å². The van der Waals surface area contributed by atoms with Crippen molar-refractivity contribution in [2.75, 3.05) is 10.6 Å². The van der Waals surface area contributed by atoms with E-state index in [-0.39, 0.29) is 10.8 Å². The minimum atomic E-state index is -4.71. The van der Waals surface area contributed by atoms with Gasteiger partial charge < -0.3 is 10.6 Å². The third-order valence-electron chi connectivity index (χ3n) is 5.25. The van der Waals surface area contributed by atoms with Crippen molar-refractivity contribution >= 4 is 40.6 Å². The molecule has 0 bridgehead atoms. The molecule has 4 rings (SSSR count). The minimum absolute atomic E-state index is 0.211. The first kappa shape index (κ1) is 24.2. The van der Waals surface area contributed by atoms with Gasteiger partial charge in [-0.05, 0) is 23.8 Å². The number of carbonyl (C=O) groups excluding carboxylic acids is 1. The Bertz CT molecular complexity index is 1230. The van der Waals surface area contributed by atoms with E-state index in [1.54, 1.807) is 30.3 Å². The first-order chi connectivity index (χ1) is 15.9. The average Bonchev–Trinajstić information content (AvgIpc) is 3.10. The number of alkyl halides is 6. The summed E-state index contributed by atoms with van der Waals surface area (Å²) in [4.78, 5) is 12.8. The Balaban J connectivity index is 1.70. The number of hydrogen-bond donors (Lipinski definition) is 2. The minimum Gasteiger partial charge on any atom is -0.362 e. The van der Waals surface area contributed by atoms with E-state index in [0.717, 1.165) is 12.1 Å². The molecule has 0 fully saturated rings. The largest absolute Gasteiger partial charge is 0.416 e. The highest BCUT2D eigenvalue weighted by Gasteiger charge is 2.48. The van der Waals surface area contributed by atoms with Crippen molar-refractivity contribution in [3.8, 4) is 0 Å². The fourth-order valence-electron chi connectivity index (χ4n) is 3.62. The molecule has 3 aromatic rings. The van der Waals surface area contributed by atoms with Crippen LogP contribution in [0.15, 0.2) is 48.5 Å². The number of carbonyl (C=O) groups is 1. The van der Waals surface area contributed by atoms with Crippen molar-refractivity contribution in [2.24, 2.45) is 0 Å². The molecule has 2 heterocycles. The van der Waals surface area contributed by atoms with Crippen LogP contribution in [0.1, 0.15) is 40.1 Å². The molecule has 0 saturated carbocycles. The zero-order valence-corrected chi connectivity index (χ0v) is 18.3. The van der Waals surface area contributed by atoms with E-state index in [2.05, 4.69) is 15.7 Å². The smallest absolute Gasteiger partial charge is 0.362 e. The van der Waals surface area contributed by atoms with Crippen LogP contribution in [0.25, 0.3) is 0 Å². The van der Waals surface area contributed by atoms with Crippen LogP contribution < -0.4 is 10.6 Å². The van der Waals surface area contributed by atoms with Gasteiger partial charge >= 0.3 is 12.4 Å². The molecule has 1 aromatic heterocycles. The Morgan fingerprint density at radius 2 is 1.74 bits per heavy atom. The fourth-order valence-corrected chi connectivity index (χ4v) is 4.05. The van der Waals surface area contributed by atoms with Gasteiger partial charge in [-0.2, -0.15) is 31.4 Å². The van der Waals surface area contributed by atoms with E-state index < -0.39 is 58.7 Å². The highest BCUT2D eigenvalue weighted by atomic mass is 35.5. The van der Waals surface area contributed by atoms with E-state index in [1.807, 2.05) is 0 Å². The van der Waals surface area contributed by atoms with Gasteiger partial charge in [0, 0.05) is 6.42 Å². The third kappa shape index (κ3) is 4.67. The van der Waals surface area contributed by atoms with Crippen LogP contribution in [0.3, 0.4) is 0 Å². The predicted octanol–water partition coefficient (Wildman–Crippen LogP) is 7.12. The molecular formula is C21H14Cl2F6N4O. The number of aromatic nitrogens is 2. The van der Waals surface area contributed by atoms with Crippen molar-refractivity contribution in [1.82, 2.24) is 9.78 Å². The Morgan fingerprint density at radius 3 is 2.35 bits per heavy atom. The molecule has 0 radical (unpaired) electrons. The zero-order valence-electron chi connectivity index (χ0n) is 16.8. The Morgan fingerprint density at radius 1 is 1.06 bits per heavy atom. The average molecular weight is 523 g/mol. The van der Waals surface area contributed by atoms with E-state index in [4.69, 9.17) is 23.2 Å². The summed E-state index contributed by atoms with van der Waals surface area (Å²) in [6.45, 7) is 0. The second kappa shape index (κ2) is 8.70. The van der Waals surface area contributed by atoms with Crippen molar-refractivity contribution in [3.05, 3.63) is 75.4 Å². The molecule has 0 aliphatic carbocycles. The van der Waals surface area contributed by atoms with Crippen molar-refractivity contribution in [1.29, 1.82) is 0 Å². The molecule has 1 aliphatic rings. The van der Waals surface area contributed by atoms with Gasteiger partial charge in [0.1, 0.15) is 10.8 Å². The Hall–Kier alpha value is -2.92. The predicted molar refractivity (Wildman–Crippen MR) is 114 cm³/mol. The number of fused-ring (bicyclic) bond motifs is 1. The molecule has 13 heteroatoms. The lowest BCUT2D eigenvalue weighted by molar-refractivity contribution is -0.173. The maximum Gasteiger partial charge on any atom is 0.416 e. The van der Waals surface area contributed by atoms with E-state index >= 15 is 0 Å². The second-order valence-electron chi connectivity index (χ2n) is 7.50. The van der Waals surface area contributed by atoms with Crippen LogP contribution in [0.4, 0.5) is 37.8 Å². The van der Waals surface area contributed by atoms with Gasteiger partial charge in [-0.1, -0.05) is 53.5 Å². The topological polar surface area (TPSA) is 59.0 Å². The molecule has 2 aromatic carbocycles. The number of nitrogens with one attached hydrogen (secondary N) is 2. The molecule has 5 nitrogen and oxygen atoms in total. The van der Waals surface area contributed by atoms with Crippen LogP contribution in [-0.4, -0.2) is 21.9 Å². The lowest BCUT2D eigenvalue weighted by Gasteiger charge is -2.33. The maximum absolute atomic E-state index is 13.9. The molecule has 1 amide bonds. The van der Waals surface area contributed by atoms with Gasteiger partial charge in [-0.25, -0.2) is 4.68 Å². The van der Waals surface area contributed by atoms with Gasteiger partial charge in [0.2, 0.25) is 0 Å². The monoisotopic (exact) mass is 522 g/mol. The van der Waals surface area contributed by atoms with Crippen molar-refractivity contribution in [3.63, 3.8) is 0 Å². The molecule has 1 aliphatic heterocycles. The lowest BCUT2D eigenvalue weighted by Crippen LogP contribution is -2.35. The molecule has 2 atom stereocenters.